The Morgan fingerprint density at radius 3 is 2.12 bits per heavy atom. The van der Waals surface area contributed by atoms with Crippen molar-refractivity contribution in [1.82, 2.24) is 9.62 Å². The fourth-order valence-electron chi connectivity index (χ4n) is 2.82. The molecule has 2 aromatic rings. The maximum Gasteiger partial charge on any atom is 0.243 e. The molecule has 0 aromatic heterocycles. The van der Waals surface area contributed by atoms with E-state index >= 15 is 0 Å². The molecule has 5 nitrogen and oxygen atoms in total. The van der Waals surface area contributed by atoms with Crippen LogP contribution in [0.3, 0.4) is 0 Å². The summed E-state index contributed by atoms with van der Waals surface area (Å²) in [7, 11) is -2.11. The van der Waals surface area contributed by atoms with Crippen molar-refractivity contribution in [3.63, 3.8) is 0 Å². The van der Waals surface area contributed by atoms with Crippen molar-refractivity contribution in [3.05, 3.63) is 71.3 Å². The molecule has 0 saturated carbocycles. The molecule has 0 fully saturated rings. The molecule has 1 N–H and O–H groups in total. The van der Waals surface area contributed by atoms with Crippen LogP contribution in [0.4, 0.5) is 0 Å². The quantitative estimate of drug-likeness (QED) is 0.809. The Hall–Kier alpha value is -2.18. The van der Waals surface area contributed by atoms with Crippen LogP contribution < -0.4 is 5.32 Å². The highest BCUT2D eigenvalue weighted by atomic mass is 32.2. The number of likely N-dealkylation sites (N-methyl/N-ethyl adjacent to an activating group) is 1. The topological polar surface area (TPSA) is 66.5 Å². The molecule has 0 saturated heterocycles. The summed E-state index contributed by atoms with van der Waals surface area (Å²) in [5.74, 6) is -0.337. The molecule has 1 amide bonds. The van der Waals surface area contributed by atoms with Gasteiger partial charge in [-0.15, -0.1) is 0 Å². The number of rotatable bonds is 7. The first-order chi connectivity index (χ1) is 12.2. The molecule has 2 atom stereocenters. The van der Waals surface area contributed by atoms with E-state index in [4.69, 9.17) is 0 Å². The molecular weight excluding hydrogens is 348 g/mol. The van der Waals surface area contributed by atoms with E-state index in [0.717, 1.165) is 21.7 Å². The molecule has 0 unspecified atom stereocenters. The van der Waals surface area contributed by atoms with Gasteiger partial charge in [-0.05, 0) is 24.5 Å². The van der Waals surface area contributed by atoms with Gasteiger partial charge in [0.15, 0.2) is 0 Å². The lowest BCUT2D eigenvalue weighted by Gasteiger charge is -2.28. The van der Waals surface area contributed by atoms with Gasteiger partial charge in [-0.1, -0.05) is 67.1 Å². The Morgan fingerprint density at radius 1 is 1.04 bits per heavy atom. The lowest BCUT2D eigenvalue weighted by molar-refractivity contribution is -0.125. The Bertz CT molecular complexity index is 833. The van der Waals surface area contributed by atoms with Crippen molar-refractivity contribution in [2.45, 2.75) is 32.4 Å². The van der Waals surface area contributed by atoms with Gasteiger partial charge in [0.2, 0.25) is 15.9 Å². The van der Waals surface area contributed by atoms with Crippen molar-refractivity contribution < 1.29 is 13.2 Å². The summed E-state index contributed by atoms with van der Waals surface area (Å²) in [6.45, 7) is 4.00. The summed E-state index contributed by atoms with van der Waals surface area (Å²) >= 11 is 0. The van der Waals surface area contributed by atoms with Gasteiger partial charge in [-0.2, -0.15) is 4.31 Å². The van der Waals surface area contributed by atoms with Gasteiger partial charge in [-0.25, -0.2) is 8.42 Å². The van der Waals surface area contributed by atoms with E-state index in [0.29, 0.717) is 12.0 Å². The summed E-state index contributed by atoms with van der Waals surface area (Å²) in [5, 5.41) is 3.01. The maximum atomic E-state index is 13.0. The molecule has 0 aliphatic carbocycles. The van der Waals surface area contributed by atoms with Crippen molar-refractivity contribution in [3.8, 4) is 0 Å². The fourth-order valence-corrected chi connectivity index (χ4v) is 3.42. The molecule has 0 bridgehead atoms. The highest BCUT2D eigenvalue weighted by molar-refractivity contribution is 7.88. The fraction of sp³-hybridized carbons (Fsp3) is 0.350. The van der Waals surface area contributed by atoms with Crippen LogP contribution in [-0.4, -0.2) is 31.9 Å². The average molecular weight is 375 g/mol. The van der Waals surface area contributed by atoms with Gasteiger partial charge in [0.25, 0.3) is 0 Å². The minimum absolute atomic E-state index is 0.178. The third-order valence-electron chi connectivity index (χ3n) is 4.45. The standard InChI is InChI=1S/C20H26N2O3S/c1-5-18(16-13-11-15(2)12-14-16)21-20(23)19(22(3)26(4,24)25)17-9-7-6-8-10-17/h6-14,18-19H,5H2,1-4H3,(H,21,23)/t18-,19-/m1/s1. The van der Waals surface area contributed by atoms with E-state index in [-0.39, 0.29) is 11.9 Å². The van der Waals surface area contributed by atoms with Gasteiger partial charge in [0.05, 0.1) is 12.3 Å². The van der Waals surface area contributed by atoms with Crippen molar-refractivity contribution in [2.75, 3.05) is 13.3 Å². The summed E-state index contributed by atoms with van der Waals surface area (Å²) in [5.41, 5.74) is 2.78. The molecule has 0 heterocycles. The molecular formula is C20H26N2O3S. The van der Waals surface area contributed by atoms with Gasteiger partial charge in [0.1, 0.15) is 6.04 Å². The Labute approximate surface area is 156 Å². The number of amides is 1. The number of aryl methyl sites for hydroxylation is 1. The molecule has 0 spiro atoms. The molecule has 0 radical (unpaired) electrons. The zero-order chi connectivity index (χ0) is 19.3. The van der Waals surface area contributed by atoms with Crippen LogP contribution in [0, 0.1) is 6.92 Å². The normalized spacial score (nSPS) is 14.0. The van der Waals surface area contributed by atoms with E-state index in [1.165, 1.54) is 7.05 Å². The van der Waals surface area contributed by atoms with Gasteiger partial charge in [0, 0.05) is 7.05 Å². The second kappa shape index (κ2) is 8.47. The molecule has 2 rings (SSSR count). The second-order valence-electron chi connectivity index (χ2n) is 6.47. The number of nitrogens with one attached hydrogen (secondary N) is 1. The summed E-state index contributed by atoms with van der Waals surface area (Å²) in [6, 6.07) is 15.8. The number of sulfonamides is 1. The number of hydrogen-bond donors (Lipinski definition) is 1. The predicted molar refractivity (Wildman–Crippen MR) is 104 cm³/mol. The third-order valence-corrected chi connectivity index (χ3v) is 5.71. The van der Waals surface area contributed by atoms with Gasteiger partial charge >= 0.3 is 0 Å². The number of hydrogen-bond acceptors (Lipinski definition) is 3. The zero-order valence-corrected chi connectivity index (χ0v) is 16.5. The van der Waals surface area contributed by atoms with Crippen LogP contribution >= 0.6 is 0 Å². The van der Waals surface area contributed by atoms with Crippen LogP contribution in [0.5, 0.6) is 0 Å². The van der Waals surface area contributed by atoms with Crippen LogP contribution in [0.25, 0.3) is 0 Å². The molecule has 2 aromatic carbocycles. The van der Waals surface area contributed by atoms with E-state index in [9.17, 15) is 13.2 Å². The zero-order valence-electron chi connectivity index (χ0n) is 15.6. The number of benzene rings is 2. The van der Waals surface area contributed by atoms with E-state index < -0.39 is 16.1 Å². The summed E-state index contributed by atoms with van der Waals surface area (Å²) in [6.07, 6.45) is 1.81. The molecule has 0 aliphatic rings. The van der Waals surface area contributed by atoms with E-state index in [2.05, 4.69) is 5.32 Å². The van der Waals surface area contributed by atoms with Crippen LogP contribution in [0.1, 0.15) is 42.1 Å². The number of carbonyl (C=O) groups is 1. The molecule has 140 valence electrons. The number of nitrogens with zero attached hydrogens (tertiary/aromatic N) is 1. The molecule has 6 heteroatoms. The monoisotopic (exact) mass is 374 g/mol. The largest absolute Gasteiger partial charge is 0.348 e. The van der Waals surface area contributed by atoms with E-state index in [1.54, 1.807) is 24.3 Å². The highest BCUT2D eigenvalue weighted by Crippen LogP contribution is 2.24. The Morgan fingerprint density at radius 2 is 1.62 bits per heavy atom. The predicted octanol–water partition coefficient (Wildman–Crippen LogP) is 3.20. The minimum atomic E-state index is -3.54. The second-order valence-corrected chi connectivity index (χ2v) is 8.51. The smallest absolute Gasteiger partial charge is 0.243 e. The van der Waals surface area contributed by atoms with Crippen molar-refractivity contribution in [2.24, 2.45) is 0 Å². The lowest BCUT2D eigenvalue weighted by Crippen LogP contribution is -2.42. The SMILES string of the molecule is CC[C@@H](NC(=O)[C@@H](c1ccccc1)N(C)S(C)(=O)=O)c1ccc(C)cc1. The van der Waals surface area contributed by atoms with Crippen LogP contribution in [0.15, 0.2) is 54.6 Å². The van der Waals surface area contributed by atoms with Crippen molar-refractivity contribution >= 4 is 15.9 Å². The number of carbonyl (C=O) groups excluding carboxylic acids is 1. The molecule has 0 aliphatic heterocycles. The average Bonchev–Trinajstić information content (AvgIpc) is 2.61. The first kappa shape index (κ1) is 20.1. The summed E-state index contributed by atoms with van der Waals surface area (Å²) < 4.78 is 25.2. The first-order valence-corrected chi connectivity index (χ1v) is 10.4. The van der Waals surface area contributed by atoms with Crippen LogP contribution in [0.2, 0.25) is 0 Å². The summed E-state index contributed by atoms with van der Waals surface area (Å²) in [4.78, 5) is 13.0. The maximum absolute atomic E-state index is 13.0. The Balaban J connectivity index is 2.32. The highest BCUT2D eigenvalue weighted by Gasteiger charge is 2.31. The lowest BCUT2D eigenvalue weighted by atomic mass is 10.0. The van der Waals surface area contributed by atoms with Crippen molar-refractivity contribution in [1.29, 1.82) is 0 Å². The van der Waals surface area contributed by atoms with Crippen LogP contribution in [-0.2, 0) is 14.8 Å². The Kier molecular flexibility index (Phi) is 6.56. The van der Waals surface area contributed by atoms with Gasteiger partial charge in [-0.3, -0.25) is 4.79 Å². The molecule has 26 heavy (non-hydrogen) atoms. The van der Waals surface area contributed by atoms with E-state index in [1.807, 2.05) is 44.2 Å². The first-order valence-electron chi connectivity index (χ1n) is 8.59. The minimum Gasteiger partial charge on any atom is -0.348 e. The third kappa shape index (κ3) is 4.93. The van der Waals surface area contributed by atoms with Gasteiger partial charge < -0.3 is 5.32 Å².